The minimum absolute atomic E-state index is 0.0491. The summed E-state index contributed by atoms with van der Waals surface area (Å²) in [4.78, 5) is 30.6. The SMILES string of the molecule is CCc1c(C(=O)N2CCC(C(N)=O)CC2)cnc2cc(C(C)(C)C)nn12. The highest BCUT2D eigenvalue weighted by molar-refractivity contribution is 5.95. The molecule has 0 aromatic carbocycles. The lowest BCUT2D eigenvalue weighted by Gasteiger charge is -2.31. The lowest BCUT2D eigenvalue weighted by atomic mass is 9.93. The van der Waals surface area contributed by atoms with Gasteiger partial charge in [-0.05, 0) is 19.3 Å². The summed E-state index contributed by atoms with van der Waals surface area (Å²) in [6.07, 6.45) is 3.58. The van der Waals surface area contributed by atoms with Crippen molar-refractivity contribution in [2.24, 2.45) is 11.7 Å². The molecule has 7 nitrogen and oxygen atoms in total. The highest BCUT2D eigenvalue weighted by Crippen LogP contribution is 2.24. The first-order valence-electron chi connectivity index (χ1n) is 9.19. The fourth-order valence-corrected chi connectivity index (χ4v) is 3.40. The first-order valence-corrected chi connectivity index (χ1v) is 9.19. The zero-order valence-electron chi connectivity index (χ0n) is 16.0. The lowest BCUT2D eigenvalue weighted by Crippen LogP contribution is -2.42. The summed E-state index contributed by atoms with van der Waals surface area (Å²) in [5.41, 5.74) is 8.46. The molecule has 0 saturated carbocycles. The number of hydrogen-bond acceptors (Lipinski definition) is 4. The Bertz CT molecular complexity index is 841. The number of hydrogen-bond donors (Lipinski definition) is 1. The molecule has 2 N–H and O–H groups in total. The molecule has 140 valence electrons. The van der Waals surface area contributed by atoms with Crippen molar-refractivity contribution in [2.75, 3.05) is 13.1 Å². The minimum atomic E-state index is -0.277. The molecule has 0 radical (unpaired) electrons. The maximum atomic E-state index is 13.0. The molecule has 2 amide bonds. The van der Waals surface area contributed by atoms with E-state index in [1.807, 2.05) is 13.0 Å². The van der Waals surface area contributed by atoms with E-state index in [2.05, 4.69) is 25.8 Å². The van der Waals surface area contributed by atoms with Gasteiger partial charge in [0.2, 0.25) is 5.91 Å². The van der Waals surface area contributed by atoms with E-state index in [4.69, 9.17) is 10.8 Å². The van der Waals surface area contributed by atoms with Gasteiger partial charge < -0.3 is 10.6 Å². The Morgan fingerprint density at radius 1 is 1.27 bits per heavy atom. The summed E-state index contributed by atoms with van der Waals surface area (Å²) in [5, 5.41) is 4.70. The van der Waals surface area contributed by atoms with Gasteiger partial charge in [0.15, 0.2) is 5.65 Å². The molecule has 26 heavy (non-hydrogen) atoms. The van der Waals surface area contributed by atoms with Crippen LogP contribution < -0.4 is 5.73 Å². The fourth-order valence-electron chi connectivity index (χ4n) is 3.40. The van der Waals surface area contributed by atoms with Crippen LogP contribution in [0.3, 0.4) is 0 Å². The molecular weight excluding hydrogens is 330 g/mol. The molecule has 0 atom stereocenters. The fraction of sp³-hybridized carbons (Fsp3) is 0.579. The van der Waals surface area contributed by atoms with Gasteiger partial charge in [-0.1, -0.05) is 27.7 Å². The van der Waals surface area contributed by atoms with E-state index >= 15 is 0 Å². The molecule has 7 heteroatoms. The highest BCUT2D eigenvalue weighted by Gasteiger charge is 2.28. The molecule has 0 spiro atoms. The van der Waals surface area contributed by atoms with Gasteiger partial charge in [0.1, 0.15) is 0 Å². The molecule has 3 rings (SSSR count). The van der Waals surface area contributed by atoms with E-state index in [9.17, 15) is 9.59 Å². The third-order valence-electron chi connectivity index (χ3n) is 5.10. The van der Waals surface area contributed by atoms with Crippen LogP contribution in [0.2, 0.25) is 0 Å². The Balaban J connectivity index is 1.92. The van der Waals surface area contributed by atoms with Crippen LogP contribution in [-0.2, 0) is 16.6 Å². The topological polar surface area (TPSA) is 93.6 Å². The lowest BCUT2D eigenvalue weighted by molar-refractivity contribution is -0.123. The van der Waals surface area contributed by atoms with Crippen molar-refractivity contribution < 1.29 is 9.59 Å². The van der Waals surface area contributed by atoms with Crippen molar-refractivity contribution in [2.45, 2.75) is 52.4 Å². The second kappa shape index (κ2) is 6.70. The quantitative estimate of drug-likeness (QED) is 0.908. The molecule has 2 aromatic heterocycles. The van der Waals surface area contributed by atoms with E-state index in [1.165, 1.54) is 0 Å². The van der Waals surface area contributed by atoms with Crippen LogP contribution >= 0.6 is 0 Å². The van der Waals surface area contributed by atoms with E-state index in [0.29, 0.717) is 37.9 Å². The average Bonchev–Trinajstić information content (AvgIpc) is 3.05. The number of aromatic nitrogens is 3. The van der Waals surface area contributed by atoms with Gasteiger partial charge >= 0.3 is 0 Å². The molecule has 1 aliphatic heterocycles. The number of nitrogens with two attached hydrogens (primary N) is 1. The summed E-state index contributed by atoms with van der Waals surface area (Å²) >= 11 is 0. The van der Waals surface area contributed by atoms with Gasteiger partial charge in [-0.25, -0.2) is 9.50 Å². The van der Waals surface area contributed by atoms with Crippen molar-refractivity contribution in [3.8, 4) is 0 Å². The predicted octanol–water partition coefficient (Wildman–Crippen LogP) is 1.93. The summed E-state index contributed by atoms with van der Waals surface area (Å²) in [6.45, 7) is 9.42. The van der Waals surface area contributed by atoms with Gasteiger partial charge in [-0.15, -0.1) is 0 Å². The van der Waals surface area contributed by atoms with Crippen LogP contribution in [-0.4, -0.2) is 44.4 Å². The largest absolute Gasteiger partial charge is 0.369 e. The van der Waals surface area contributed by atoms with Gasteiger partial charge in [-0.3, -0.25) is 9.59 Å². The van der Waals surface area contributed by atoms with E-state index in [-0.39, 0.29) is 23.1 Å². The number of amides is 2. The van der Waals surface area contributed by atoms with Crippen molar-refractivity contribution in [1.29, 1.82) is 0 Å². The summed E-state index contributed by atoms with van der Waals surface area (Å²) < 4.78 is 1.80. The number of carbonyl (C=O) groups excluding carboxylic acids is 2. The molecule has 0 unspecified atom stereocenters. The first kappa shape index (κ1) is 18.4. The molecular formula is C19H27N5O2. The number of fused-ring (bicyclic) bond motifs is 1. The normalized spacial score (nSPS) is 16.2. The average molecular weight is 357 g/mol. The molecule has 1 fully saturated rings. The Morgan fingerprint density at radius 2 is 1.92 bits per heavy atom. The number of likely N-dealkylation sites (tertiary alicyclic amines) is 1. The van der Waals surface area contributed by atoms with Crippen molar-refractivity contribution in [3.05, 3.63) is 29.2 Å². The summed E-state index contributed by atoms with van der Waals surface area (Å²) in [5.74, 6) is -0.460. The molecule has 1 aliphatic rings. The van der Waals surface area contributed by atoms with Gasteiger partial charge in [0, 0.05) is 36.7 Å². The van der Waals surface area contributed by atoms with Crippen LogP contribution in [0, 0.1) is 5.92 Å². The van der Waals surface area contributed by atoms with Gasteiger partial charge in [0.25, 0.3) is 5.91 Å². The van der Waals surface area contributed by atoms with E-state index in [1.54, 1.807) is 15.6 Å². The number of nitrogens with zero attached hydrogens (tertiary/aromatic N) is 4. The zero-order valence-corrected chi connectivity index (χ0v) is 16.0. The van der Waals surface area contributed by atoms with Crippen molar-refractivity contribution >= 4 is 17.5 Å². The summed E-state index contributed by atoms with van der Waals surface area (Å²) in [6, 6.07) is 1.98. The number of aryl methyl sites for hydroxylation is 1. The first-order chi connectivity index (χ1) is 12.2. The zero-order chi connectivity index (χ0) is 19.1. The molecule has 2 aromatic rings. The third-order valence-corrected chi connectivity index (χ3v) is 5.10. The maximum Gasteiger partial charge on any atom is 0.257 e. The smallest absolute Gasteiger partial charge is 0.257 e. The standard InChI is InChI=1S/C19H27N5O2/c1-5-14-13(18(26)23-8-6-12(7-9-23)17(20)25)11-21-16-10-15(19(2,3)4)22-24(14)16/h10-12H,5-9H2,1-4H3,(H2,20,25). The van der Waals surface area contributed by atoms with Crippen LogP contribution in [0.1, 0.15) is 62.3 Å². The Hall–Kier alpha value is -2.44. The summed E-state index contributed by atoms with van der Waals surface area (Å²) in [7, 11) is 0. The Kier molecular flexibility index (Phi) is 4.73. The van der Waals surface area contributed by atoms with E-state index < -0.39 is 0 Å². The number of carbonyl (C=O) groups is 2. The van der Waals surface area contributed by atoms with Gasteiger partial charge in [0.05, 0.1) is 17.0 Å². The minimum Gasteiger partial charge on any atom is -0.369 e. The molecule has 0 bridgehead atoms. The third kappa shape index (κ3) is 3.30. The second-order valence-electron chi connectivity index (χ2n) is 7.99. The number of primary amides is 1. The predicted molar refractivity (Wildman–Crippen MR) is 98.9 cm³/mol. The van der Waals surface area contributed by atoms with Gasteiger partial charge in [-0.2, -0.15) is 5.10 Å². The molecule has 3 heterocycles. The highest BCUT2D eigenvalue weighted by atomic mass is 16.2. The number of rotatable bonds is 3. The molecule has 0 aliphatic carbocycles. The van der Waals surface area contributed by atoms with Crippen LogP contribution in [0.15, 0.2) is 12.3 Å². The van der Waals surface area contributed by atoms with Crippen molar-refractivity contribution in [1.82, 2.24) is 19.5 Å². The molecule has 1 saturated heterocycles. The van der Waals surface area contributed by atoms with Crippen LogP contribution in [0.25, 0.3) is 5.65 Å². The monoisotopic (exact) mass is 357 g/mol. The Morgan fingerprint density at radius 3 is 2.46 bits per heavy atom. The van der Waals surface area contributed by atoms with Crippen LogP contribution in [0.5, 0.6) is 0 Å². The van der Waals surface area contributed by atoms with E-state index in [0.717, 1.165) is 17.0 Å². The maximum absolute atomic E-state index is 13.0. The Labute approximate surface area is 153 Å². The van der Waals surface area contributed by atoms with Crippen LogP contribution in [0.4, 0.5) is 0 Å². The number of piperidine rings is 1. The second-order valence-corrected chi connectivity index (χ2v) is 7.99. The van der Waals surface area contributed by atoms with Crippen molar-refractivity contribution in [3.63, 3.8) is 0 Å².